The number of aryl methyl sites for hydroxylation is 1. The average Bonchev–Trinajstić information content (AvgIpc) is 2.81. The molecule has 6 heteroatoms. The van der Waals surface area contributed by atoms with Crippen molar-refractivity contribution < 1.29 is 0 Å². The fourth-order valence-electron chi connectivity index (χ4n) is 1.87. The molecule has 0 unspecified atom stereocenters. The summed E-state index contributed by atoms with van der Waals surface area (Å²) in [6.07, 6.45) is 1.77. The Morgan fingerprint density at radius 1 is 1.40 bits per heavy atom. The lowest BCUT2D eigenvalue weighted by molar-refractivity contribution is 0.542. The first-order valence-electron chi connectivity index (χ1n) is 6.55. The van der Waals surface area contributed by atoms with Crippen molar-refractivity contribution in [2.45, 2.75) is 27.3 Å². The largest absolute Gasteiger partial charge is 0.311 e. The van der Waals surface area contributed by atoms with Crippen LogP contribution in [0, 0.1) is 12.8 Å². The van der Waals surface area contributed by atoms with E-state index in [0.717, 1.165) is 39.5 Å². The number of nitrogens with one attached hydrogen (secondary N) is 1. The highest BCUT2D eigenvalue weighted by molar-refractivity contribution is 9.10. The number of halogens is 2. The Hall–Kier alpha value is -0.910. The lowest BCUT2D eigenvalue weighted by atomic mass is 10.2. The van der Waals surface area contributed by atoms with Gasteiger partial charge in [0.05, 0.1) is 17.6 Å². The van der Waals surface area contributed by atoms with Gasteiger partial charge >= 0.3 is 0 Å². The van der Waals surface area contributed by atoms with Crippen LogP contribution in [0.4, 0.5) is 0 Å². The van der Waals surface area contributed by atoms with Crippen LogP contribution in [-0.4, -0.2) is 21.5 Å². The number of aromatic nitrogens is 3. The first-order chi connectivity index (χ1) is 9.49. The Bertz CT molecular complexity index is 595. The Kier molecular flexibility index (Phi) is 5.18. The number of rotatable bonds is 5. The van der Waals surface area contributed by atoms with Gasteiger partial charge in [-0.05, 0) is 53.0 Å². The van der Waals surface area contributed by atoms with Gasteiger partial charge in [-0.15, -0.1) is 5.10 Å². The molecule has 0 saturated heterocycles. The van der Waals surface area contributed by atoms with Crippen molar-refractivity contribution in [1.29, 1.82) is 0 Å². The van der Waals surface area contributed by atoms with Crippen molar-refractivity contribution in [2.75, 3.05) is 6.54 Å². The fraction of sp³-hybridized carbons (Fsp3) is 0.429. The van der Waals surface area contributed by atoms with Crippen LogP contribution < -0.4 is 5.32 Å². The van der Waals surface area contributed by atoms with Gasteiger partial charge in [0.25, 0.3) is 0 Å². The maximum Gasteiger partial charge on any atom is 0.0824 e. The summed E-state index contributed by atoms with van der Waals surface area (Å²) in [7, 11) is 0. The summed E-state index contributed by atoms with van der Waals surface area (Å²) in [5.74, 6) is 0.611. The molecule has 0 radical (unpaired) electrons. The van der Waals surface area contributed by atoms with E-state index in [0.29, 0.717) is 5.92 Å². The molecule has 2 rings (SSSR count). The van der Waals surface area contributed by atoms with E-state index < -0.39 is 0 Å². The van der Waals surface area contributed by atoms with Crippen LogP contribution in [0.5, 0.6) is 0 Å². The first kappa shape index (κ1) is 15.5. The van der Waals surface area contributed by atoms with Crippen molar-refractivity contribution in [2.24, 2.45) is 5.92 Å². The second-order valence-corrected chi connectivity index (χ2v) is 6.48. The summed E-state index contributed by atoms with van der Waals surface area (Å²) in [5.41, 5.74) is 2.94. The van der Waals surface area contributed by atoms with Crippen molar-refractivity contribution in [3.63, 3.8) is 0 Å². The molecule has 108 valence electrons. The van der Waals surface area contributed by atoms with Gasteiger partial charge in [0.2, 0.25) is 0 Å². The van der Waals surface area contributed by atoms with Crippen LogP contribution in [0.1, 0.15) is 25.1 Å². The smallest absolute Gasteiger partial charge is 0.0824 e. The van der Waals surface area contributed by atoms with E-state index in [4.69, 9.17) is 11.6 Å². The molecule has 0 amide bonds. The zero-order valence-corrected chi connectivity index (χ0v) is 14.2. The number of benzene rings is 1. The Morgan fingerprint density at radius 3 is 2.85 bits per heavy atom. The highest BCUT2D eigenvalue weighted by Crippen LogP contribution is 2.28. The SMILES string of the molecule is Cc1cc(Br)c(-n2nncc2CNCC(C)C)cc1Cl. The third-order valence-electron chi connectivity index (χ3n) is 2.93. The lowest BCUT2D eigenvalue weighted by Crippen LogP contribution is -2.20. The predicted molar refractivity (Wildman–Crippen MR) is 85.4 cm³/mol. The van der Waals surface area contributed by atoms with Gasteiger partial charge in [0, 0.05) is 16.0 Å². The second-order valence-electron chi connectivity index (χ2n) is 5.21. The van der Waals surface area contributed by atoms with E-state index in [1.165, 1.54) is 0 Å². The highest BCUT2D eigenvalue weighted by atomic mass is 79.9. The van der Waals surface area contributed by atoms with Crippen molar-refractivity contribution in [3.8, 4) is 5.69 Å². The molecular formula is C14H18BrClN4. The summed E-state index contributed by atoms with van der Waals surface area (Å²) in [4.78, 5) is 0. The number of hydrogen-bond acceptors (Lipinski definition) is 3. The van der Waals surface area contributed by atoms with Crippen molar-refractivity contribution >= 4 is 27.5 Å². The highest BCUT2D eigenvalue weighted by Gasteiger charge is 2.11. The molecule has 0 aliphatic carbocycles. The Balaban J connectivity index is 2.25. The van der Waals surface area contributed by atoms with Crippen molar-refractivity contribution in [1.82, 2.24) is 20.3 Å². The standard InChI is InChI=1S/C14H18BrClN4/c1-9(2)6-17-7-11-8-18-19-20(11)14-5-13(16)10(3)4-12(14)15/h4-5,8-9,17H,6-7H2,1-3H3. The minimum Gasteiger partial charge on any atom is -0.311 e. The van der Waals surface area contributed by atoms with E-state index in [2.05, 4.69) is 45.4 Å². The van der Waals surface area contributed by atoms with E-state index in [1.807, 2.05) is 23.7 Å². The van der Waals surface area contributed by atoms with Crippen LogP contribution in [0.2, 0.25) is 5.02 Å². The van der Waals surface area contributed by atoms with Crippen molar-refractivity contribution in [3.05, 3.63) is 39.1 Å². The molecule has 1 aromatic carbocycles. The van der Waals surface area contributed by atoms with E-state index in [9.17, 15) is 0 Å². The topological polar surface area (TPSA) is 42.7 Å². The Morgan fingerprint density at radius 2 is 2.15 bits per heavy atom. The lowest BCUT2D eigenvalue weighted by Gasteiger charge is -2.11. The summed E-state index contributed by atoms with van der Waals surface area (Å²) in [6, 6.07) is 3.90. The molecule has 0 aliphatic rings. The molecule has 1 N–H and O–H groups in total. The third kappa shape index (κ3) is 3.59. The summed E-state index contributed by atoms with van der Waals surface area (Å²) in [5, 5.41) is 12.3. The predicted octanol–water partition coefficient (Wildman–Crippen LogP) is 3.74. The van der Waals surface area contributed by atoms with Crippen LogP contribution in [0.15, 0.2) is 22.8 Å². The third-order valence-corrected chi connectivity index (χ3v) is 3.98. The monoisotopic (exact) mass is 356 g/mol. The summed E-state index contributed by atoms with van der Waals surface area (Å²) < 4.78 is 2.76. The normalized spacial score (nSPS) is 11.3. The van der Waals surface area contributed by atoms with Gasteiger partial charge in [-0.25, -0.2) is 4.68 Å². The van der Waals surface area contributed by atoms with E-state index >= 15 is 0 Å². The maximum atomic E-state index is 6.20. The van der Waals surface area contributed by atoms with Gasteiger partial charge in [0.1, 0.15) is 0 Å². The van der Waals surface area contributed by atoms with Crippen LogP contribution >= 0.6 is 27.5 Å². The zero-order chi connectivity index (χ0) is 14.7. The van der Waals surface area contributed by atoms with Crippen LogP contribution in [0.3, 0.4) is 0 Å². The minimum absolute atomic E-state index is 0.611. The van der Waals surface area contributed by atoms with Gasteiger partial charge in [-0.2, -0.15) is 0 Å². The van der Waals surface area contributed by atoms with Gasteiger partial charge in [-0.1, -0.05) is 30.7 Å². The molecule has 1 aromatic heterocycles. The molecular weight excluding hydrogens is 340 g/mol. The molecule has 0 saturated carbocycles. The molecule has 0 bridgehead atoms. The van der Waals surface area contributed by atoms with Gasteiger partial charge < -0.3 is 5.32 Å². The molecule has 0 atom stereocenters. The molecule has 0 fully saturated rings. The summed E-state index contributed by atoms with van der Waals surface area (Å²) >= 11 is 9.76. The van der Waals surface area contributed by atoms with Gasteiger partial charge in [0.15, 0.2) is 0 Å². The molecule has 2 aromatic rings. The van der Waals surface area contributed by atoms with E-state index in [-0.39, 0.29) is 0 Å². The molecule has 0 spiro atoms. The van der Waals surface area contributed by atoms with E-state index in [1.54, 1.807) is 6.20 Å². The minimum atomic E-state index is 0.611. The Labute approximate surface area is 132 Å². The molecule has 4 nitrogen and oxygen atoms in total. The summed E-state index contributed by atoms with van der Waals surface area (Å²) in [6.45, 7) is 8.02. The maximum absolute atomic E-state index is 6.20. The average molecular weight is 358 g/mol. The zero-order valence-electron chi connectivity index (χ0n) is 11.8. The first-order valence-corrected chi connectivity index (χ1v) is 7.72. The molecule has 0 aliphatic heterocycles. The molecule has 1 heterocycles. The van der Waals surface area contributed by atoms with Crippen LogP contribution in [0.25, 0.3) is 5.69 Å². The number of hydrogen-bond donors (Lipinski definition) is 1. The quantitative estimate of drug-likeness (QED) is 0.886. The molecule has 20 heavy (non-hydrogen) atoms. The second kappa shape index (κ2) is 6.70. The van der Waals surface area contributed by atoms with Gasteiger partial charge in [-0.3, -0.25) is 0 Å². The number of nitrogens with zero attached hydrogens (tertiary/aromatic N) is 3. The fourth-order valence-corrected chi connectivity index (χ4v) is 2.65. The van der Waals surface area contributed by atoms with Crippen LogP contribution in [-0.2, 0) is 6.54 Å².